The van der Waals surface area contributed by atoms with Gasteiger partial charge in [0.1, 0.15) is 12.1 Å². The molecule has 0 aromatic rings. The minimum Gasteiger partial charge on any atom is -0.467 e. The molecular formula is C17H33N3O4S. The summed E-state index contributed by atoms with van der Waals surface area (Å²) in [4.78, 5) is 36.8. The Hall–Kier alpha value is -1.28. The molecule has 0 heterocycles. The fraction of sp³-hybridized carbons (Fsp3) is 0.824. The number of rotatable bonds is 11. The summed E-state index contributed by atoms with van der Waals surface area (Å²) >= 11 is 1.58. The number of methoxy groups -OCH3 is 1. The third-order valence-corrected chi connectivity index (χ3v) is 4.87. The Labute approximate surface area is 155 Å². The molecule has 0 aromatic heterocycles. The van der Waals surface area contributed by atoms with Crippen LogP contribution in [0.1, 0.15) is 40.5 Å². The van der Waals surface area contributed by atoms with E-state index < -0.39 is 30.0 Å². The first-order valence-electron chi connectivity index (χ1n) is 8.62. The zero-order chi connectivity index (χ0) is 19.6. The van der Waals surface area contributed by atoms with Gasteiger partial charge in [0.15, 0.2) is 0 Å². The number of ether oxygens (including phenoxy) is 1. The lowest BCUT2D eigenvalue weighted by atomic mass is 9.96. The Morgan fingerprint density at radius 1 is 1.12 bits per heavy atom. The van der Waals surface area contributed by atoms with Crippen LogP contribution in [0.25, 0.3) is 0 Å². The Morgan fingerprint density at radius 3 is 2.16 bits per heavy atom. The Balaban J connectivity index is 5.14. The van der Waals surface area contributed by atoms with Crippen LogP contribution in [0.2, 0.25) is 0 Å². The average Bonchev–Trinajstić information content (AvgIpc) is 2.60. The first-order chi connectivity index (χ1) is 11.7. The van der Waals surface area contributed by atoms with Crippen molar-refractivity contribution < 1.29 is 19.1 Å². The van der Waals surface area contributed by atoms with Crippen molar-refractivity contribution in [1.82, 2.24) is 10.6 Å². The van der Waals surface area contributed by atoms with Gasteiger partial charge in [0.2, 0.25) is 11.8 Å². The van der Waals surface area contributed by atoms with Crippen molar-refractivity contribution in [3.8, 4) is 0 Å². The fourth-order valence-corrected chi connectivity index (χ4v) is 2.61. The Bertz CT molecular complexity index is 446. The molecule has 0 saturated carbocycles. The number of hydrogen-bond acceptors (Lipinski definition) is 6. The zero-order valence-electron chi connectivity index (χ0n) is 16.1. The number of nitrogens with two attached hydrogens (primary N) is 1. The number of carbonyl (C=O) groups is 3. The summed E-state index contributed by atoms with van der Waals surface area (Å²) in [7, 11) is 1.29. The highest BCUT2D eigenvalue weighted by Crippen LogP contribution is 2.11. The van der Waals surface area contributed by atoms with Crippen LogP contribution in [-0.4, -0.2) is 55.0 Å². The maximum atomic E-state index is 12.7. The third kappa shape index (κ3) is 8.09. The molecule has 25 heavy (non-hydrogen) atoms. The molecule has 0 aliphatic heterocycles. The van der Waals surface area contributed by atoms with Gasteiger partial charge in [-0.25, -0.2) is 4.79 Å². The van der Waals surface area contributed by atoms with Gasteiger partial charge in [-0.05, 0) is 30.3 Å². The molecule has 0 spiro atoms. The predicted octanol–water partition coefficient (Wildman–Crippen LogP) is 0.912. The number of amides is 2. The van der Waals surface area contributed by atoms with Gasteiger partial charge in [-0.3, -0.25) is 9.59 Å². The molecular weight excluding hydrogens is 342 g/mol. The number of hydrogen-bond donors (Lipinski definition) is 3. The molecule has 2 amide bonds. The zero-order valence-corrected chi connectivity index (χ0v) is 16.9. The molecule has 0 saturated heterocycles. The molecule has 0 fully saturated rings. The van der Waals surface area contributed by atoms with E-state index in [4.69, 9.17) is 10.5 Å². The van der Waals surface area contributed by atoms with Gasteiger partial charge in [-0.15, -0.1) is 0 Å². The first kappa shape index (κ1) is 23.7. The Morgan fingerprint density at radius 2 is 1.72 bits per heavy atom. The first-order valence-corrected chi connectivity index (χ1v) is 10.0. The third-order valence-electron chi connectivity index (χ3n) is 4.23. The predicted molar refractivity (Wildman–Crippen MR) is 101 cm³/mol. The van der Waals surface area contributed by atoms with Crippen molar-refractivity contribution in [2.75, 3.05) is 19.1 Å². The highest BCUT2D eigenvalue weighted by atomic mass is 32.2. The SMILES string of the molecule is CC[C@H](C)[C@H](NC(=O)[C@@H](N)C(C)C)C(=O)N[C@@H](CCSC)C(=O)OC. The van der Waals surface area contributed by atoms with Crippen LogP contribution >= 0.6 is 11.8 Å². The van der Waals surface area contributed by atoms with Crippen LogP contribution in [0.15, 0.2) is 0 Å². The van der Waals surface area contributed by atoms with Crippen LogP contribution in [0, 0.1) is 11.8 Å². The van der Waals surface area contributed by atoms with Gasteiger partial charge in [-0.2, -0.15) is 11.8 Å². The number of esters is 1. The van der Waals surface area contributed by atoms with Crippen molar-refractivity contribution in [3.05, 3.63) is 0 Å². The number of nitrogens with one attached hydrogen (secondary N) is 2. The van der Waals surface area contributed by atoms with Crippen molar-refractivity contribution in [3.63, 3.8) is 0 Å². The van der Waals surface area contributed by atoms with Gasteiger partial charge in [0, 0.05) is 0 Å². The highest BCUT2D eigenvalue weighted by Gasteiger charge is 2.31. The monoisotopic (exact) mass is 375 g/mol. The van der Waals surface area contributed by atoms with E-state index in [2.05, 4.69) is 10.6 Å². The van der Waals surface area contributed by atoms with Gasteiger partial charge in [-0.1, -0.05) is 34.1 Å². The lowest BCUT2D eigenvalue weighted by Crippen LogP contribution is -2.57. The van der Waals surface area contributed by atoms with Crippen molar-refractivity contribution >= 4 is 29.5 Å². The molecule has 4 atom stereocenters. The molecule has 0 aliphatic carbocycles. The maximum Gasteiger partial charge on any atom is 0.328 e. The van der Waals surface area contributed by atoms with E-state index in [1.54, 1.807) is 11.8 Å². The summed E-state index contributed by atoms with van der Waals surface area (Å²) in [6.07, 6.45) is 3.08. The van der Waals surface area contributed by atoms with Crippen LogP contribution in [0.4, 0.5) is 0 Å². The van der Waals surface area contributed by atoms with Crippen LogP contribution in [-0.2, 0) is 19.1 Å². The second-order valence-corrected chi connectivity index (χ2v) is 7.49. The number of thioether (sulfide) groups is 1. The average molecular weight is 376 g/mol. The quantitative estimate of drug-likeness (QED) is 0.463. The van der Waals surface area contributed by atoms with E-state index in [0.717, 1.165) is 0 Å². The van der Waals surface area contributed by atoms with Gasteiger partial charge in [0.25, 0.3) is 0 Å². The van der Waals surface area contributed by atoms with E-state index >= 15 is 0 Å². The highest BCUT2D eigenvalue weighted by molar-refractivity contribution is 7.98. The van der Waals surface area contributed by atoms with Gasteiger partial charge >= 0.3 is 5.97 Å². The number of carbonyl (C=O) groups excluding carboxylic acids is 3. The molecule has 0 rings (SSSR count). The standard InChI is InChI=1S/C17H33N3O4S/c1-7-11(4)14(20-15(21)13(18)10(2)3)16(22)19-12(8-9-25-6)17(23)24-5/h10-14H,7-9,18H2,1-6H3,(H,19,22)(H,20,21)/t11-,12-,13-,14-/m0/s1. The largest absolute Gasteiger partial charge is 0.467 e. The lowest BCUT2D eigenvalue weighted by molar-refractivity contribution is -0.145. The van der Waals surface area contributed by atoms with Crippen LogP contribution in [0.5, 0.6) is 0 Å². The summed E-state index contributed by atoms with van der Waals surface area (Å²) in [5.74, 6) is -0.675. The molecule has 0 aromatic carbocycles. The molecule has 0 bridgehead atoms. The van der Waals surface area contributed by atoms with Crippen molar-refractivity contribution in [1.29, 1.82) is 0 Å². The minimum atomic E-state index is -0.747. The van der Waals surface area contributed by atoms with Crippen molar-refractivity contribution in [2.45, 2.75) is 58.7 Å². The lowest BCUT2D eigenvalue weighted by Gasteiger charge is -2.27. The topological polar surface area (TPSA) is 111 Å². The van der Waals surface area contributed by atoms with Gasteiger partial charge < -0.3 is 21.1 Å². The second kappa shape index (κ2) is 12.1. The maximum absolute atomic E-state index is 12.7. The van der Waals surface area contributed by atoms with E-state index in [0.29, 0.717) is 18.6 Å². The molecule has 146 valence electrons. The van der Waals surface area contributed by atoms with E-state index in [9.17, 15) is 14.4 Å². The van der Waals surface area contributed by atoms with E-state index in [1.165, 1.54) is 7.11 Å². The summed E-state index contributed by atoms with van der Waals surface area (Å²) in [6, 6.07) is -2.16. The fourth-order valence-electron chi connectivity index (χ4n) is 2.14. The van der Waals surface area contributed by atoms with Gasteiger partial charge in [0.05, 0.1) is 13.2 Å². The second-order valence-electron chi connectivity index (χ2n) is 6.51. The molecule has 0 unspecified atom stereocenters. The summed E-state index contributed by atoms with van der Waals surface area (Å²) < 4.78 is 4.76. The molecule has 8 heteroatoms. The summed E-state index contributed by atoms with van der Waals surface area (Å²) in [5, 5.41) is 5.44. The van der Waals surface area contributed by atoms with E-state index in [-0.39, 0.29) is 17.7 Å². The molecule has 0 aliphatic rings. The molecule has 4 N–H and O–H groups in total. The van der Waals surface area contributed by atoms with E-state index in [1.807, 2.05) is 34.0 Å². The molecule has 0 radical (unpaired) electrons. The minimum absolute atomic E-state index is 0.0370. The van der Waals surface area contributed by atoms with Crippen molar-refractivity contribution in [2.24, 2.45) is 17.6 Å². The summed E-state index contributed by atoms with van der Waals surface area (Å²) in [6.45, 7) is 7.50. The Kier molecular flexibility index (Phi) is 11.5. The smallest absolute Gasteiger partial charge is 0.328 e. The van der Waals surface area contributed by atoms with Crippen LogP contribution in [0.3, 0.4) is 0 Å². The van der Waals surface area contributed by atoms with Crippen LogP contribution < -0.4 is 16.4 Å². The molecule has 7 nitrogen and oxygen atoms in total. The summed E-state index contributed by atoms with van der Waals surface area (Å²) in [5.41, 5.74) is 5.87. The normalized spacial score (nSPS) is 15.8.